The molecule has 0 N–H and O–H groups in total. The van der Waals surface area contributed by atoms with Gasteiger partial charge in [-0.3, -0.25) is 10.1 Å². The molecule has 0 aliphatic carbocycles. The maximum atomic E-state index is 10.9. The third kappa shape index (κ3) is 2.51. The van der Waals surface area contributed by atoms with Crippen molar-refractivity contribution in [3.63, 3.8) is 0 Å². The first kappa shape index (κ1) is 12.6. The van der Waals surface area contributed by atoms with Gasteiger partial charge in [-0.2, -0.15) is 0 Å². The third-order valence-electron chi connectivity index (χ3n) is 2.99. The van der Waals surface area contributed by atoms with Gasteiger partial charge in [0.05, 0.1) is 15.8 Å². The first-order chi connectivity index (χ1) is 8.59. The van der Waals surface area contributed by atoms with Crippen LogP contribution in [-0.2, 0) is 6.54 Å². The standard InChI is InChI=1S/C13H17N3O2/c1-14(2)8-4-9-15-10-7-11-12(15)5-3-6-13(11)16(17)18/h3,5-7,10H,4,8-9H2,1-2H3. The van der Waals surface area contributed by atoms with Gasteiger partial charge in [-0.05, 0) is 39.2 Å². The van der Waals surface area contributed by atoms with Crippen molar-refractivity contribution >= 4 is 16.6 Å². The number of nitro benzene ring substituents is 1. The van der Waals surface area contributed by atoms with Gasteiger partial charge in [-0.1, -0.05) is 6.07 Å². The molecule has 0 unspecified atom stereocenters. The average molecular weight is 247 g/mol. The van der Waals surface area contributed by atoms with Crippen LogP contribution < -0.4 is 0 Å². The molecule has 2 aromatic rings. The van der Waals surface area contributed by atoms with Crippen molar-refractivity contribution in [2.24, 2.45) is 0 Å². The maximum Gasteiger partial charge on any atom is 0.278 e. The quantitative estimate of drug-likeness (QED) is 0.602. The molecule has 2 rings (SSSR count). The van der Waals surface area contributed by atoms with Crippen molar-refractivity contribution in [3.05, 3.63) is 40.6 Å². The SMILES string of the molecule is CN(C)CCCn1ccc2c([N+](=O)[O-])cccc21. The van der Waals surface area contributed by atoms with Crippen LogP contribution in [0.15, 0.2) is 30.5 Å². The summed E-state index contributed by atoms with van der Waals surface area (Å²) in [4.78, 5) is 12.7. The second kappa shape index (κ2) is 5.18. The van der Waals surface area contributed by atoms with E-state index in [9.17, 15) is 10.1 Å². The molecule has 0 atom stereocenters. The Bertz CT molecular complexity index is 560. The summed E-state index contributed by atoms with van der Waals surface area (Å²) in [6.45, 7) is 1.89. The number of benzene rings is 1. The minimum absolute atomic E-state index is 0.179. The molecule has 1 heterocycles. The Balaban J connectivity index is 2.26. The number of hydrogen-bond acceptors (Lipinski definition) is 3. The normalized spacial score (nSPS) is 11.3. The average Bonchev–Trinajstić information content (AvgIpc) is 2.72. The summed E-state index contributed by atoms with van der Waals surface area (Å²) >= 11 is 0. The monoisotopic (exact) mass is 247 g/mol. The highest BCUT2D eigenvalue weighted by molar-refractivity contribution is 5.89. The number of nitrogens with zero attached hydrogens (tertiary/aromatic N) is 3. The zero-order chi connectivity index (χ0) is 13.1. The van der Waals surface area contributed by atoms with Crippen molar-refractivity contribution in [2.75, 3.05) is 20.6 Å². The number of rotatable bonds is 5. The predicted molar refractivity (Wildman–Crippen MR) is 71.8 cm³/mol. The Morgan fingerprint density at radius 2 is 2.11 bits per heavy atom. The summed E-state index contributed by atoms with van der Waals surface area (Å²) in [5, 5.41) is 11.6. The largest absolute Gasteiger partial charge is 0.347 e. The van der Waals surface area contributed by atoms with Crippen LogP contribution in [0, 0.1) is 10.1 Å². The number of aromatic nitrogens is 1. The summed E-state index contributed by atoms with van der Waals surface area (Å²) in [7, 11) is 4.08. The molecule has 96 valence electrons. The molecule has 0 aliphatic heterocycles. The van der Waals surface area contributed by atoms with Crippen LogP contribution >= 0.6 is 0 Å². The maximum absolute atomic E-state index is 10.9. The Morgan fingerprint density at radius 3 is 2.78 bits per heavy atom. The molecule has 0 aliphatic rings. The fourth-order valence-electron chi connectivity index (χ4n) is 2.12. The Morgan fingerprint density at radius 1 is 1.33 bits per heavy atom. The summed E-state index contributed by atoms with van der Waals surface area (Å²) in [5.41, 5.74) is 1.11. The van der Waals surface area contributed by atoms with Crippen molar-refractivity contribution < 1.29 is 4.92 Å². The fourth-order valence-corrected chi connectivity index (χ4v) is 2.12. The predicted octanol–water partition coefficient (Wildman–Crippen LogP) is 2.50. The first-order valence-electron chi connectivity index (χ1n) is 5.96. The molecule has 0 spiro atoms. The highest BCUT2D eigenvalue weighted by Crippen LogP contribution is 2.26. The Kier molecular flexibility index (Phi) is 3.62. The second-order valence-corrected chi connectivity index (χ2v) is 4.63. The van der Waals surface area contributed by atoms with E-state index >= 15 is 0 Å². The van der Waals surface area contributed by atoms with Gasteiger partial charge >= 0.3 is 0 Å². The highest BCUT2D eigenvalue weighted by atomic mass is 16.6. The summed E-state index contributed by atoms with van der Waals surface area (Å²) in [6, 6.07) is 7.04. The van der Waals surface area contributed by atoms with Gasteiger partial charge in [0.1, 0.15) is 0 Å². The number of fused-ring (bicyclic) bond motifs is 1. The van der Waals surface area contributed by atoms with E-state index in [-0.39, 0.29) is 10.6 Å². The Labute approximate surface area is 106 Å². The molecule has 18 heavy (non-hydrogen) atoms. The van der Waals surface area contributed by atoms with E-state index < -0.39 is 0 Å². The van der Waals surface area contributed by atoms with Gasteiger partial charge < -0.3 is 9.47 Å². The van der Waals surface area contributed by atoms with Crippen molar-refractivity contribution in [1.29, 1.82) is 0 Å². The zero-order valence-corrected chi connectivity index (χ0v) is 10.7. The van der Waals surface area contributed by atoms with Gasteiger partial charge in [-0.15, -0.1) is 0 Å². The van der Waals surface area contributed by atoms with Gasteiger partial charge in [0.15, 0.2) is 0 Å². The highest BCUT2D eigenvalue weighted by Gasteiger charge is 2.13. The zero-order valence-electron chi connectivity index (χ0n) is 10.7. The van der Waals surface area contributed by atoms with E-state index in [4.69, 9.17) is 0 Å². The number of non-ortho nitro benzene ring substituents is 1. The first-order valence-corrected chi connectivity index (χ1v) is 5.96. The van der Waals surface area contributed by atoms with Crippen LogP contribution in [0.25, 0.3) is 10.9 Å². The Hall–Kier alpha value is -1.88. The summed E-state index contributed by atoms with van der Waals surface area (Å²) < 4.78 is 2.08. The van der Waals surface area contributed by atoms with Crippen LogP contribution in [0.5, 0.6) is 0 Å². The number of hydrogen-bond donors (Lipinski definition) is 0. The number of aryl methyl sites for hydroxylation is 1. The topological polar surface area (TPSA) is 51.3 Å². The van der Waals surface area contributed by atoms with E-state index in [1.54, 1.807) is 12.1 Å². The molecule has 0 radical (unpaired) electrons. The van der Waals surface area contributed by atoms with Crippen LogP contribution in [0.2, 0.25) is 0 Å². The third-order valence-corrected chi connectivity index (χ3v) is 2.99. The molecular weight excluding hydrogens is 230 g/mol. The molecule has 0 amide bonds. The van der Waals surface area contributed by atoms with Gasteiger partial charge in [0.25, 0.3) is 5.69 Å². The minimum atomic E-state index is -0.327. The summed E-state index contributed by atoms with van der Waals surface area (Å²) in [5.74, 6) is 0. The molecule has 0 saturated carbocycles. The lowest BCUT2D eigenvalue weighted by Crippen LogP contribution is -2.14. The molecular formula is C13H17N3O2. The molecule has 0 fully saturated rings. The van der Waals surface area contributed by atoms with Crippen LogP contribution in [0.3, 0.4) is 0 Å². The van der Waals surface area contributed by atoms with Gasteiger partial charge in [-0.25, -0.2) is 0 Å². The van der Waals surface area contributed by atoms with Crippen LogP contribution in [0.1, 0.15) is 6.42 Å². The second-order valence-electron chi connectivity index (χ2n) is 4.63. The molecule has 5 heteroatoms. The molecule has 1 aromatic carbocycles. The van der Waals surface area contributed by atoms with Gasteiger partial charge in [0, 0.05) is 18.8 Å². The fraction of sp³-hybridized carbons (Fsp3) is 0.385. The lowest BCUT2D eigenvalue weighted by atomic mass is 10.2. The van der Waals surface area contributed by atoms with E-state index in [1.165, 1.54) is 0 Å². The van der Waals surface area contributed by atoms with Crippen molar-refractivity contribution in [3.8, 4) is 0 Å². The minimum Gasteiger partial charge on any atom is -0.347 e. The van der Waals surface area contributed by atoms with Gasteiger partial charge in [0.2, 0.25) is 0 Å². The lowest BCUT2D eigenvalue weighted by molar-refractivity contribution is -0.383. The van der Waals surface area contributed by atoms with E-state index in [0.29, 0.717) is 5.39 Å². The molecule has 1 aromatic heterocycles. The van der Waals surface area contributed by atoms with Crippen molar-refractivity contribution in [2.45, 2.75) is 13.0 Å². The van der Waals surface area contributed by atoms with Crippen molar-refractivity contribution in [1.82, 2.24) is 9.47 Å². The van der Waals surface area contributed by atoms with Crippen LogP contribution in [0.4, 0.5) is 5.69 Å². The van der Waals surface area contributed by atoms with E-state index in [1.807, 2.05) is 32.4 Å². The lowest BCUT2D eigenvalue weighted by Gasteiger charge is -2.10. The summed E-state index contributed by atoms with van der Waals surface area (Å²) in [6.07, 6.45) is 2.95. The van der Waals surface area contributed by atoms with E-state index in [2.05, 4.69) is 9.47 Å². The molecule has 0 bridgehead atoms. The number of nitro groups is 1. The van der Waals surface area contributed by atoms with E-state index in [0.717, 1.165) is 25.0 Å². The molecule has 0 saturated heterocycles. The molecule has 5 nitrogen and oxygen atoms in total. The smallest absolute Gasteiger partial charge is 0.278 e. The van der Waals surface area contributed by atoms with Crippen LogP contribution in [-0.4, -0.2) is 35.0 Å².